The van der Waals surface area contributed by atoms with Crippen LogP contribution in [0.25, 0.3) is 0 Å². The number of piperazine rings is 1. The Bertz CT molecular complexity index is 467. The Labute approximate surface area is 121 Å². The van der Waals surface area contributed by atoms with Crippen LogP contribution < -0.4 is 5.32 Å². The lowest BCUT2D eigenvalue weighted by molar-refractivity contribution is 0.0533. The number of likely N-dealkylation sites (N-methyl/N-ethyl adjacent to an activating group) is 1. The number of aryl methyl sites for hydroxylation is 1. The van der Waals surface area contributed by atoms with Crippen molar-refractivity contribution in [2.45, 2.75) is 26.3 Å². The Kier molecular flexibility index (Phi) is 4.60. The predicted molar refractivity (Wildman–Crippen MR) is 81.2 cm³/mol. The first-order valence-corrected chi connectivity index (χ1v) is 7.23. The number of pyridine rings is 1. The number of aromatic nitrogens is 1. The van der Waals surface area contributed by atoms with E-state index in [2.05, 4.69) is 36.1 Å². The Morgan fingerprint density at radius 3 is 2.80 bits per heavy atom. The van der Waals surface area contributed by atoms with Crippen LogP contribution in [0.3, 0.4) is 0 Å². The molecular formula is C15H24N4O. The van der Waals surface area contributed by atoms with Crippen LogP contribution in [-0.4, -0.2) is 60.5 Å². The largest absolute Gasteiger partial charge is 0.373 e. The van der Waals surface area contributed by atoms with Gasteiger partial charge >= 0.3 is 0 Å². The van der Waals surface area contributed by atoms with Crippen LogP contribution in [-0.2, 0) is 6.42 Å². The Morgan fingerprint density at radius 2 is 2.20 bits per heavy atom. The molecule has 1 saturated heterocycles. The second-order valence-corrected chi connectivity index (χ2v) is 5.45. The third kappa shape index (κ3) is 3.10. The molecule has 0 radical (unpaired) electrons. The quantitative estimate of drug-likeness (QED) is 0.908. The SMILES string of the molecule is CCc1cc(C(=O)N2CCN(C)CC2C)cc(NC)n1. The molecule has 1 fully saturated rings. The summed E-state index contributed by atoms with van der Waals surface area (Å²) in [6.45, 7) is 6.80. The van der Waals surface area contributed by atoms with Gasteiger partial charge in [-0.25, -0.2) is 4.98 Å². The van der Waals surface area contributed by atoms with Gasteiger partial charge in [-0.3, -0.25) is 4.79 Å². The maximum atomic E-state index is 12.7. The third-order valence-corrected chi connectivity index (χ3v) is 3.84. The molecule has 0 saturated carbocycles. The molecule has 1 aliphatic rings. The van der Waals surface area contributed by atoms with E-state index in [1.807, 2.05) is 24.1 Å². The fourth-order valence-electron chi connectivity index (χ4n) is 2.63. The topological polar surface area (TPSA) is 48.5 Å². The minimum Gasteiger partial charge on any atom is -0.373 e. The second kappa shape index (κ2) is 6.22. The van der Waals surface area contributed by atoms with Crippen LogP contribution in [0.1, 0.15) is 29.9 Å². The molecule has 1 aromatic rings. The van der Waals surface area contributed by atoms with E-state index in [9.17, 15) is 4.79 Å². The number of anilines is 1. The van der Waals surface area contributed by atoms with E-state index in [-0.39, 0.29) is 11.9 Å². The zero-order valence-corrected chi connectivity index (χ0v) is 12.8. The smallest absolute Gasteiger partial charge is 0.254 e. The molecule has 110 valence electrons. The molecule has 1 atom stereocenters. The zero-order chi connectivity index (χ0) is 14.7. The van der Waals surface area contributed by atoms with Crippen molar-refractivity contribution in [3.63, 3.8) is 0 Å². The molecule has 1 aromatic heterocycles. The van der Waals surface area contributed by atoms with E-state index in [0.29, 0.717) is 0 Å². The molecule has 5 heteroatoms. The summed E-state index contributed by atoms with van der Waals surface area (Å²) in [5.41, 5.74) is 1.68. The van der Waals surface area contributed by atoms with Crippen molar-refractivity contribution < 1.29 is 4.79 Å². The lowest BCUT2D eigenvalue weighted by Gasteiger charge is -2.38. The number of amides is 1. The standard InChI is InChI=1S/C15H24N4O/c1-5-13-8-12(9-14(16-3)17-13)15(20)19-7-6-18(4)10-11(19)2/h8-9,11H,5-7,10H2,1-4H3,(H,16,17). The van der Waals surface area contributed by atoms with Gasteiger partial charge in [-0.2, -0.15) is 0 Å². The monoisotopic (exact) mass is 276 g/mol. The predicted octanol–water partition coefficient (Wildman–Crippen LogP) is 1.46. The molecule has 1 aliphatic heterocycles. The van der Waals surface area contributed by atoms with Crippen LogP contribution in [0.15, 0.2) is 12.1 Å². The van der Waals surface area contributed by atoms with E-state index in [1.54, 1.807) is 0 Å². The highest BCUT2D eigenvalue weighted by Crippen LogP contribution is 2.17. The summed E-state index contributed by atoms with van der Waals surface area (Å²) in [6.07, 6.45) is 0.827. The fourth-order valence-corrected chi connectivity index (χ4v) is 2.63. The number of carbonyl (C=O) groups is 1. The summed E-state index contributed by atoms with van der Waals surface area (Å²) in [5.74, 6) is 0.869. The molecule has 2 heterocycles. The molecule has 1 amide bonds. The molecule has 5 nitrogen and oxygen atoms in total. The van der Waals surface area contributed by atoms with Crippen molar-refractivity contribution in [2.75, 3.05) is 39.0 Å². The Balaban J connectivity index is 2.24. The molecule has 1 N–H and O–H groups in total. The van der Waals surface area contributed by atoms with Crippen molar-refractivity contribution in [2.24, 2.45) is 0 Å². The van der Waals surface area contributed by atoms with Crippen molar-refractivity contribution in [3.8, 4) is 0 Å². The molecule has 20 heavy (non-hydrogen) atoms. The summed E-state index contributed by atoms with van der Waals surface area (Å²) >= 11 is 0. The molecule has 0 spiro atoms. The van der Waals surface area contributed by atoms with Gasteiger partial charge in [-0.05, 0) is 32.5 Å². The Hall–Kier alpha value is -1.62. The first-order chi connectivity index (χ1) is 9.55. The van der Waals surface area contributed by atoms with Crippen molar-refractivity contribution in [1.29, 1.82) is 0 Å². The van der Waals surface area contributed by atoms with E-state index in [4.69, 9.17) is 0 Å². The van der Waals surface area contributed by atoms with Gasteiger partial charge in [0.15, 0.2) is 0 Å². The highest BCUT2D eigenvalue weighted by Gasteiger charge is 2.26. The van der Waals surface area contributed by atoms with Crippen LogP contribution >= 0.6 is 0 Å². The molecule has 0 aromatic carbocycles. The van der Waals surface area contributed by atoms with Gasteiger partial charge < -0.3 is 15.1 Å². The summed E-state index contributed by atoms with van der Waals surface area (Å²) in [5, 5.41) is 3.03. The van der Waals surface area contributed by atoms with Gasteiger partial charge in [0.2, 0.25) is 0 Å². The normalized spacial score (nSPS) is 20.0. The number of nitrogens with one attached hydrogen (secondary N) is 1. The van der Waals surface area contributed by atoms with E-state index in [0.717, 1.165) is 43.1 Å². The van der Waals surface area contributed by atoms with Crippen molar-refractivity contribution in [1.82, 2.24) is 14.8 Å². The van der Waals surface area contributed by atoms with Gasteiger partial charge in [0.1, 0.15) is 5.82 Å². The molecular weight excluding hydrogens is 252 g/mol. The van der Waals surface area contributed by atoms with Crippen molar-refractivity contribution >= 4 is 11.7 Å². The maximum Gasteiger partial charge on any atom is 0.254 e. The average molecular weight is 276 g/mol. The van der Waals surface area contributed by atoms with E-state index < -0.39 is 0 Å². The van der Waals surface area contributed by atoms with Crippen LogP contribution in [0.2, 0.25) is 0 Å². The van der Waals surface area contributed by atoms with Crippen molar-refractivity contribution in [3.05, 3.63) is 23.4 Å². The lowest BCUT2D eigenvalue weighted by Crippen LogP contribution is -2.52. The fraction of sp³-hybridized carbons (Fsp3) is 0.600. The first kappa shape index (κ1) is 14.8. The summed E-state index contributed by atoms with van der Waals surface area (Å²) in [6, 6.07) is 4.00. The third-order valence-electron chi connectivity index (χ3n) is 3.84. The van der Waals surface area contributed by atoms with Gasteiger partial charge in [0.05, 0.1) is 0 Å². The highest BCUT2D eigenvalue weighted by molar-refractivity contribution is 5.95. The maximum absolute atomic E-state index is 12.7. The first-order valence-electron chi connectivity index (χ1n) is 7.23. The van der Waals surface area contributed by atoms with E-state index in [1.165, 1.54) is 0 Å². The number of nitrogens with zero attached hydrogens (tertiary/aromatic N) is 3. The molecule has 0 aliphatic carbocycles. The zero-order valence-electron chi connectivity index (χ0n) is 12.8. The minimum absolute atomic E-state index is 0.110. The number of hydrogen-bond acceptors (Lipinski definition) is 4. The average Bonchev–Trinajstić information content (AvgIpc) is 2.46. The molecule has 2 rings (SSSR count). The Morgan fingerprint density at radius 1 is 1.45 bits per heavy atom. The lowest BCUT2D eigenvalue weighted by atomic mass is 10.1. The highest BCUT2D eigenvalue weighted by atomic mass is 16.2. The second-order valence-electron chi connectivity index (χ2n) is 5.45. The van der Waals surface area contributed by atoms with Crippen LogP contribution in [0.4, 0.5) is 5.82 Å². The van der Waals surface area contributed by atoms with Gasteiger partial charge in [-0.15, -0.1) is 0 Å². The van der Waals surface area contributed by atoms with Crippen LogP contribution in [0.5, 0.6) is 0 Å². The molecule has 0 bridgehead atoms. The molecule has 1 unspecified atom stereocenters. The van der Waals surface area contributed by atoms with Gasteiger partial charge in [0.25, 0.3) is 5.91 Å². The van der Waals surface area contributed by atoms with Crippen LogP contribution in [0, 0.1) is 0 Å². The number of rotatable bonds is 3. The van der Waals surface area contributed by atoms with Gasteiger partial charge in [-0.1, -0.05) is 6.92 Å². The summed E-state index contributed by atoms with van der Waals surface area (Å²) in [4.78, 5) is 21.4. The minimum atomic E-state index is 0.110. The van der Waals surface area contributed by atoms with E-state index >= 15 is 0 Å². The number of carbonyl (C=O) groups excluding carboxylic acids is 1. The summed E-state index contributed by atoms with van der Waals surface area (Å²) < 4.78 is 0. The van der Waals surface area contributed by atoms with Gasteiger partial charge in [0, 0.05) is 44.0 Å². The summed E-state index contributed by atoms with van der Waals surface area (Å²) in [7, 11) is 3.92. The number of hydrogen-bond donors (Lipinski definition) is 1.